The summed E-state index contributed by atoms with van der Waals surface area (Å²) >= 11 is 0. The van der Waals surface area contributed by atoms with Gasteiger partial charge < -0.3 is 14.5 Å². The summed E-state index contributed by atoms with van der Waals surface area (Å²) in [6, 6.07) is 22.5. The number of nitrogens with zero attached hydrogens (tertiary/aromatic N) is 3. The van der Waals surface area contributed by atoms with Crippen LogP contribution in [0.4, 0.5) is 5.69 Å². The molecule has 0 radical (unpaired) electrons. The molecule has 0 saturated carbocycles. The number of carbonyl (C=O) groups excluding carboxylic acids is 1. The Hall–Kier alpha value is -4.31. The number of nitrogens with one attached hydrogen (secondary N) is 1. The number of benzene rings is 2. The molecule has 0 fully saturated rings. The minimum absolute atomic E-state index is 0.308. The molecule has 0 spiro atoms. The molecule has 4 rings (SSSR count). The standard InChI is InChI=1S/C25H22N4O3/c1-18-12-13-23(32-18)24-22(17-29(28-24)20-9-3-2-4-10-20)25(30)27-19-8-7-11-21(16-19)31-15-6-5-14-26/h2-4,7-13,16-17H,5-6,15H2,1H3,(H,27,30). The van der Waals surface area contributed by atoms with E-state index in [1.54, 1.807) is 35.1 Å². The first-order valence-electron chi connectivity index (χ1n) is 10.3. The molecular formula is C25H22N4O3. The Balaban J connectivity index is 1.59. The van der Waals surface area contributed by atoms with Gasteiger partial charge in [0.25, 0.3) is 5.91 Å². The lowest BCUT2D eigenvalue weighted by atomic mass is 10.2. The highest BCUT2D eigenvalue weighted by Crippen LogP contribution is 2.27. The molecule has 2 heterocycles. The van der Waals surface area contributed by atoms with Gasteiger partial charge in [-0.25, -0.2) is 4.68 Å². The Bertz CT molecular complexity index is 1250. The lowest BCUT2D eigenvalue weighted by molar-refractivity contribution is 0.102. The highest BCUT2D eigenvalue weighted by Gasteiger charge is 2.21. The number of hydrogen-bond acceptors (Lipinski definition) is 5. The van der Waals surface area contributed by atoms with Gasteiger partial charge in [0.15, 0.2) is 5.76 Å². The van der Waals surface area contributed by atoms with E-state index in [0.717, 1.165) is 11.4 Å². The van der Waals surface area contributed by atoms with Gasteiger partial charge in [-0.1, -0.05) is 24.3 Å². The molecule has 0 aliphatic heterocycles. The Morgan fingerprint density at radius 3 is 2.75 bits per heavy atom. The molecule has 2 aromatic carbocycles. The fraction of sp³-hybridized carbons (Fsp3) is 0.160. The zero-order valence-electron chi connectivity index (χ0n) is 17.6. The van der Waals surface area contributed by atoms with E-state index in [-0.39, 0.29) is 5.91 Å². The molecule has 2 aromatic heterocycles. The molecule has 0 atom stereocenters. The van der Waals surface area contributed by atoms with E-state index in [1.165, 1.54) is 0 Å². The summed E-state index contributed by atoms with van der Waals surface area (Å²) in [6.07, 6.45) is 2.79. The number of nitriles is 1. The third-order valence-corrected chi connectivity index (χ3v) is 4.75. The van der Waals surface area contributed by atoms with Crippen LogP contribution in [0.2, 0.25) is 0 Å². The van der Waals surface area contributed by atoms with Crippen LogP contribution in [0.3, 0.4) is 0 Å². The minimum Gasteiger partial charge on any atom is -0.493 e. The number of furan rings is 1. The number of amides is 1. The first-order valence-corrected chi connectivity index (χ1v) is 10.3. The second-order valence-electron chi connectivity index (χ2n) is 7.17. The Morgan fingerprint density at radius 1 is 1.16 bits per heavy atom. The highest BCUT2D eigenvalue weighted by molar-refractivity contribution is 6.07. The smallest absolute Gasteiger partial charge is 0.259 e. The maximum absolute atomic E-state index is 13.2. The number of para-hydroxylation sites is 1. The van der Waals surface area contributed by atoms with Crippen LogP contribution in [0, 0.1) is 18.3 Å². The van der Waals surface area contributed by atoms with Crippen molar-refractivity contribution in [3.8, 4) is 29.0 Å². The lowest BCUT2D eigenvalue weighted by Gasteiger charge is -2.08. The van der Waals surface area contributed by atoms with Crippen molar-refractivity contribution in [1.82, 2.24) is 9.78 Å². The Labute approximate surface area is 185 Å². The fourth-order valence-corrected chi connectivity index (χ4v) is 3.20. The van der Waals surface area contributed by atoms with Crippen LogP contribution in [-0.2, 0) is 0 Å². The van der Waals surface area contributed by atoms with E-state index in [9.17, 15) is 4.79 Å². The van der Waals surface area contributed by atoms with Gasteiger partial charge in [-0.3, -0.25) is 4.79 Å². The molecule has 0 bridgehead atoms. The van der Waals surface area contributed by atoms with Gasteiger partial charge in [-0.2, -0.15) is 10.4 Å². The maximum Gasteiger partial charge on any atom is 0.259 e. The van der Waals surface area contributed by atoms with E-state index in [2.05, 4.69) is 16.5 Å². The van der Waals surface area contributed by atoms with Crippen molar-refractivity contribution in [3.63, 3.8) is 0 Å². The van der Waals surface area contributed by atoms with Gasteiger partial charge in [0, 0.05) is 24.4 Å². The zero-order chi connectivity index (χ0) is 22.3. The van der Waals surface area contributed by atoms with E-state index in [4.69, 9.17) is 14.4 Å². The first-order chi connectivity index (χ1) is 15.6. The molecule has 7 nitrogen and oxygen atoms in total. The van der Waals surface area contributed by atoms with Crippen molar-refractivity contribution in [2.75, 3.05) is 11.9 Å². The molecule has 0 aliphatic rings. The largest absolute Gasteiger partial charge is 0.493 e. The monoisotopic (exact) mass is 426 g/mol. The molecule has 0 saturated heterocycles. The van der Waals surface area contributed by atoms with Crippen LogP contribution >= 0.6 is 0 Å². The molecule has 32 heavy (non-hydrogen) atoms. The van der Waals surface area contributed by atoms with Crippen molar-refractivity contribution >= 4 is 11.6 Å². The molecular weight excluding hydrogens is 404 g/mol. The van der Waals surface area contributed by atoms with Crippen LogP contribution in [-0.4, -0.2) is 22.3 Å². The summed E-state index contributed by atoms with van der Waals surface area (Å²) in [7, 11) is 0. The average molecular weight is 426 g/mol. The van der Waals surface area contributed by atoms with Gasteiger partial charge in [0.2, 0.25) is 0 Å². The topological polar surface area (TPSA) is 93.1 Å². The quantitative estimate of drug-likeness (QED) is 0.382. The van der Waals surface area contributed by atoms with E-state index in [1.807, 2.05) is 49.4 Å². The van der Waals surface area contributed by atoms with E-state index >= 15 is 0 Å². The van der Waals surface area contributed by atoms with E-state index in [0.29, 0.717) is 47.9 Å². The summed E-state index contributed by atoms with van der Waals surface area (Å²) in [5.74, 6) is 1.58. The third-order valence-electron chi connectivity index (χ3n) is 4.75. The highest BCUT2D eigenvalue weighted by atomic mass is 16.5. The van der Waals surface area contributed by atoms with Crippen molar-refractivity contribution in [3.05, 3.63) is 84.3 Å². The summed E-state index contributed by atoms with van der Waals surface area (Å²) in [5.41, 5.74) is 2.29. The summed E-state index contributed by atoms with van der Waals surface area (Å²) in [4.78, 5) is 13.2. The SMILES string of the molecule is Cc1ccc(-c2nn(-c3ccccc3)cc2C(=O)Nc2cccc(OCCCC#N)c2)o1. The average Bonchev–Trinajstić information content (AvgIpc) is 3.44. The second-order valence-corrected chi connectivity index (χ2v) is 7.17. The van der Waals surface area contributed by atoms with Crippen molar-refractivity contribution < 1.29 is 13.9 Å². The zero-order valence-corrected chi connectivity index (χ0v) is 17.6. The summed E-state index contributed by atoms with van der Waals surface area (Å²) < 4.78 is 13.1. The molecule has 0 aliphatic carbocycles. The fourth-order valence-electron chi connectivity index (χ4n) is 3.20. The van der Waals surface area contributed by atoms with Crippen LogP contribution in [0.25, 0.3) is 17.1 Å². The van der Waals surface area contributed by atoms with Gasteiger partial charge in [-0.15, -0.1) is 0 Å². The van der Waals surface area contributed by atoms with Crippen molar-refractivity contribution in [2.45, 2.75) is 19.8 Å². The first kappa shape index (κ1) is 20.9. The van der Waals surface area contributed by atoms with Crippen molar-refractivity contribution in [1.29, 1.82) is 5.26 Å². The van der Waals surface area contributed by atoms with Gasteiger partial charge in [0.05, 0.1) is 23.9 Å². The van der Waals surface area contributed by atoms with Gasteiger partial charge >= 0.3 is 0 Å². The Morgan fingerprint density at radius 2 is 2.00 bits per heavy atom. The molecule has 1 N–H and O–H groups in total. The number of hydrogen-bond donors (Lipinski definition) is 1. The lowest BCUT2D eigenvalue weighted by Crippen LogP contribution is -2.12. The predicted molar refractivity (Wildman–Crippen MR) is 121 cm³/mol. The number of aryl methyl sites for hydroxylation is 1. The molecule has 7 heteroatoms. The van der Waals surface area contributed by atoms with Gasteiger partial charge in [-0.05, 0) is 49.7 Å². The third kappa shape index (κ3) is 4.87. The number of ether oxygens (including phenoxy) is 1. The summed E-state index contributed by atoms with van der Waals surface area (Å²) in [5, 5.41) is 16.2. The number of rotatable bonds is 8. The number of unbranched alkanes of at least 4 members (excludes halogenated alkanes) is 1. The maximum atomic E-state index is 13.2. The van der Waals surface area contributed by atoms with Crippen molar-refractivity contribution in [2.24, 2.45) is 0 Å². The van der Waals surface area contributed by atoms with Crippen LogP contribution in [0.5, 0.6) is 5.75 Å². The van der Waals surface area contributed by atoms with Crippen LogP contribution in [0.15, 0.2) is 77.3 Å². The molecule has 4 aromatic rings. The molecule has 1 amide bonds. The normalized spacial score (nSPS) is 10.5. The number of anilines is 1. The second kappa shape index (κ2) is 9.67. The Kier molecular flexibility index (Phi) is 6.33. The van der Waals surface area contributed by atoms with Crippen LogP contribution < -0.4 is 10.1 Å². The predicted octanol–water partition coefficient (Wildman–Crippen LogP) is 5.38. The number of aromatic nitrogens is 2. The number of carbonyl (C=O) groups is 1. The minimum atomic E-state index is -0.308. The van der Waals surface area contributed by atoms with E-state index < -0.39 is 0 Å². The summed E-state index contributed by atoms with van der Waals surface area (Å²) in [6.45, 7) is 2.29. The molecule has 160 valence electrons. The van der Waals surface area contributed by atoms with Crippen LogP contribution in [0.1, 0.15) is 29.0 Å². The molecule has 0 unspecified atom stereocenters. The van der Waals surface area contributed by atoms with Gasteiger partial charge in [0.1, 0.15) is 17.2 Å².